The summed E-state index contributed by atoms with van der Waals surface area (Å²) in [6.45, 7) is 1.08. The zero-order valence-electron chi connectivity index (χ0n) is 13.5. The van der Waals surface area contributed by atoms with Gasteiger partial charge in [-0.3, -0.25) is 9.69 Å². The van der Waals surface area contributed by atoms with Gasteiger partial charge in [0, 0.05) is 18.2 Å². The van der Waals surface area contributed by atoms with Gasteiger partial charge in [-0.15, -0.1) is 0 Å². The molecule has 2 aromatic carbocycles. The molecule has 0 aliphatic carbocycles. The van der Waals surface area contributed by atoms with Crippen molar-refractivity contribution in [2.45, 2.75) is 6.54 Å². The second kappa shape index (κ2) is 8.98. The molecule has 128 valence electrons. The predicted octanol–water partition coefficient (Wildman–Crippen LogP) is 2.59. The molecule has 0 spiro atoms. The average Bonchev–Trinajstić information content (AvgIpc) is 2.55. The highest BCUT2D eigenvalue weighted by Gasteiger charge is 2.10. The molecule has 0 aliphatic rings. The lowest BCUT2D eigenvalue weighted by Crippen LogP contribution is -2.36. The third-order valence-corrected chi connectivity index (χ3v) is 3.31. The largest absolute Gasteiger partial charge is 0.492 e. The molecule has 24 heavy (non-hydrogen) atoms. The number of carbonyl (C=O) groups is 1. The van der Waals surface area contributed by atoms with E-state index in [0.717, 1.165) is 11.8 Å². The molecule has 2 rings (SSSR count). The van der Waals surface area contributed by atoms with E-state index in [1.54, 1.807) is 11.9 Å². The number of para-hydroxylation sites is 1. The minimum Gasteiger partial charge on any atom is -0.492 e. The average molecular weight is 334 g/mol. The van der Waals surface area contributed by atoms with Crippen LogP contribution in [0.4, 0.5) is 8.78 Å². The van der Waals surface area contributed by atoms with Crippen molar-refractivity contribution in [3.8, 4) is 5.75 Å². The van der Waals surface area contributed by atoms with Crippen molar-refractivity contribution < 1.29 is 18.3 Å². The van der Waals surface area contributed by atoms with E-state index in [9.17, 15) is 13.6 Å². The number of hydrogen-bond donors (Lipinski definition) is 1. The van der Waals surface area contributed by atoms with Gasteiger partial charge in [0.25, 0.3) is 0 Å². The van der Waals surface area contributed by atoms with Crippen LogP contribution in [0.5, 0.6) is 5.75 Å². The van der Waals surface area contributed by atoms with Gasteiger partial charge in [0.05, 0.1) is 13.1 Å². The third kappa shape index (κ3) is 5.96. The van der Waals surface area contributed by atoms with Gasteiger partial charge in [-0.2, -0.15) is 0 Å². The van der Waals surface area contributed by atoms with Gasteiger partial charge in [0.2, 0.25) is 5.91 Å². The van der Waals surface area contributed by atoms with Crippen LogP contribution in [0, 0.1) is 11.6 Å². The summed E-state index contributed by atoms with van der Waals surface area (Å²) in [5.74, 6) is -0.666. The number of halogens is 2. The lowest BCUT2D eigenvalue weighted by molar-refractivity contribution is -0.122. The van der Waals surface area contributed by atoms with Gasteiger partial charge >= 0.3 is 0 Å². The number of hydrogen-bond acceptors (Lipinski definition) is 3. The molecule has 0 saturated heterocycles. The second-order valence-corrected chi connectivity index (χ2v) is 5.42. The van der Waals surface area contributed by atoms with Gasteiger partial charge in [-0.05, 0) is 25.2 Å². The molecule has 6 heteroatoms. The van der Waals surface area contributed by atoms with Crippen molar-refractivity contribution in [1.29, 1.82) is 0 Å². The lowest BCUT2D eigenvalue weighted by Gasteiger charge is -2.17. The maximum atomic E-state index is 13.6. The molecular formula is C18H20F2N2O2. The Morgan fingerprint density at radius 1 is 1.17 bits per heavy atom. The van der Waals surface area contributed by atoms with E-state index in [2.05, 4.69) is 5.32 Å². The Morgan fingerprint density at radius 2 is 1.92 bits per heavy atom. The first-order valence-corrected chi connectivity index (χ1v) is 7.61. The number of benzene rings is 2. The number of amides is 1. The molecule has 0 atom stereocenters. The SMILES string of the molecule is CN(CC(=O)NCCOc1ccccc1)Cc1ccc(F)cc1F. The number of rotatable bonds is 8. The molecule has 0 radical (unpaired) electrons. The number of ether oxygens (including phenoxy) is 1. The van der Waals surface area contributed by atoms with Crippen LogP contribution in [-0.2, 0) is 11.3 Å². The summed E-state index contributed by atoms with van der Waals surface area (Å²) >= 11 is 0. The molecule has 0 unspecified atom stereocenters. The van der Waals surface area contributed by atoms with Crippen LogP contribution in [0.2, 0.25) is 0 Å². The molecule has 0 fully saturated rings. The van der Waals surface area contributed by atoms with E-state index in [-0.39, 0.29) is 19.0 Å². The molecule has 4 nitrogen and oxygen atoms in total. The van der Waals surface area contributed by atoms with Gasteiger partial charge in [-0.25, -0.2) is 8.78 Å². The lowest BCUT2D eigenvalue weighted by atomic mass is 10.2. The van der Waals surface area contributed by atoms with E-state index in [1.165, 1.54) is 12.1 Å². The van der Waals surface area contributed by atoms with Crippen molar-refractivity contribution in [3.63, 3.8) is 0 Å². The summed E-state index contributed by atoms with van der Waals surface area (Å²) in [5.41, 5.74) is 0.346. The van der Waals surface area contributed by atoms with Crippen LogP contribution >= 0.6 is 0 Å². The highest BCUT2D eigenvalue weighted by Crippen LogP contribution is 2.11. The summed E-state index contributed by atoms with van der Waals surface area (Å²) < 4.78 is 31.9. The van der Waals surface area contributed by atoms with Crippen LogP contribution in [0.15, 0.2) is 48.5 Å². The molecule has 1 N–H and O–H groups in total. The van der Waals surface area contributed by atoms with E-state index < -0.39 is 11.6 Å². The van der Waals surface area contributed by atoms with E-state index >= 15 is 0 Å². The van der Waals surface area contributed by atoms with Crippen LogP contribution in [0.3, 0.4) is 0 Å². The highest BCUT2D eigenvalue weighted by molar-refractivity contribution is 5.77. The van der Waals surface area contributed by atoms with Crippen molar-refractivity contribution in [2.24, 2.45) is 0 Å². The molecule has 2 aromatic rings. The summed E-state index contributed by atoms with van der Waals surface area (Å²) in [5, 5.41) is 2.73. The number of nitrogens with one attached hydrogen (secondary N) is 1. The predicted molar refractivity (Wildman–Crippen MR) is 87.6 cm³/mol. The van der Waals surface area contributed by atoms with Gasteiger partial charge < -0.3 is 10.1 Å². The fourth-order valence-corrected chi connectivity index (χ4v) is 2.17. The van der Waals surface area contributed by atoms with Gasteiger partial charge in [-0.1, -0.05) is 24.3 Å². The van der Waals surface area contributed by atoms with Crippen LogP contribution in [0.25, 0.3) is 0 Å². The fraction of sp³-hybridized carbons (Fsp3) is 0.278. The molecule has 0 saturated carbocycles. The van der Waals surface area contributed by atoms with Crippen molar-refractivity contribution >= 4 is 5.91 Å². The number of likely N-dealkylation sites (N-methyl/N-ethyl adjacent to an activating group) is 1. The first kappa shape index (κ1) is 17.9. The Labute approximate surface area is 140 Å². The topological polar surface area (TPSA) is 41.6 Å². The number of nitrogens with zero attached hydrogens (tertiary/aromatic N) is 1. The fourth-order valence-electron chi connectivity index (χ4n) is 2.17. The molecule has 1 amide bonds. The maximum absolute atomic E-state index is 13.6. The zero-order valence-corrected chi connectivity index (χ0v) is 13.5. The Balaban J connectivity index is 1.68. The van der Waals surface area contributed by atoms with Crippen LogP contribution in [-0.4, -0.2) is 37.6 Å². The summed E-state index contributed by atoms with van der Waals surface area (Å²) in [7, 11) is 1.70. The zero-order chi connectivity index (χ0) is 17.4. The molecule has 0 bridgehead atoms. The third-order valence-electron chi connectivity index (χ3n) is 3.31. The van der Waals surface area contributed by atoms with Crippen molar-refractivity contribution in [1.82, 2.24) is 10.2 Å². The minimum atomic E-state index is -0.616. The van der Waals surface area contributed by atoms with E-state index in [4.69, 9.17) is 4.74 Å². The quantitative estimate of drug-likeness (QED) is 0.755. The standard InChI is InChI=1S/C18H20F2N2O2/c1-22(12-14-7-8-15(19)11-17(14)20)13-18(23)21-9-10-24-16-5-3-2-4-6-16/h2-8,11H,9-10,12-13H2,1H3,(H,21,23). The first-order chi connectivity index (χ1) is 11.5. The molecule has 0 aromatic heterocycles. The maximum Gasteiger partial charge on any atom is 0.234 e. The monoisotopic (exact) mass is 334 g/mol. The normalized spacial score (nSPS) is 10.7. The minimum absolute atomic E-state index is 0.113. The highest BCUT2D eigenvalue weighted by atomic mass is 19.1. The van der Waals surface area contributed by atoms with Crippen LogP contribution in [0.1, 0.15) is 5.56 Å². The van der Waals surface area contributed by atoms with E-state index in [1.807, 2.05) is 30.3 Å². The first-order valence-electron chi connectivity index (χ1n) is 7.61. The summed E-state index contributed by atoms with van der Waals surface area (Å²) in [6, 6.07) is 12.7. The van der Waals surface area contributed by atoms with E-state index in [0.29, 0.717) is 18.7 Å². The number of carbonyl (C=O) groups excluding carboxylic acids is 1. The molecule has 0 heterocycles. The Kier molecular flexibility index (Phi) is 6.69. The van der Waals surface area contributed by atoms with Crippen molar-refractivity contribution in [2.75, 3.05) is 26.7 Å². The Hall–Kier alpha value is -2.47. The summed E-state index contributed by atoms with van der Waals surface area (Å²) in [4.78, 5) is 13.5. The second-order valence-electron chi connectivity index (χ2n) is 5.42. The smallest absolute Gasteiger partial charge is 0.234 e. The molecule has 0 aliphatic heterocycles. The van der Waals surface area contributed by atoms with Crippen LogP contribution < -0.4 is 10.1 Å². The summed E-state index contributed by atoms with van der Waals surface area (Å²) in [6.07, 6.45) is 0. The van der Waals surface area contributed by atoms with Crippen molar-refractivity contribution in [3.05, 3.63) is 65.7 Å². The van der Waals surface area contributed by atoms with Gasteiger partial charge in [0.1, 0.15) is 24.0 Å². The Bertz CT molecular complexity index is 665. The molecular weight excluding hydrogens is 314 g/mol. The Morgan fingerprint density at radius 3 is 2.62 bits per heavy atom. The van der Waals surface area contributed by atoms with Gasteiger partial charge in [0.15, 0.2) is 0 Å².